The van der Waals surface area contributed by atoms with Crippen LogP contribution in [-0.2, 0) is 0 Å². The molecule has 5 heteroatoms. The fourth-order valence-electron chi connectivity index (χ4n) is 0.986. The second kappa shape index (κ2) is 5.88. The molecule has 3 nitrogen and oxygen atoms in total. The lowest BCUT2D eigenvalue weighted by Crippen LogP contribution is -2.01. The summed E-state index contributed by atoms with van der Waals surface area (Å²) in [4.78, 5) is 10.6. The molecule has 15 heavy (non-hydrogen) atoms. The van der Waals surface area contributed by atoms with Gasteiger partial charge >= 0.3 is 5.97 Å². The van der Waals surface area contributed by atoms with Gasteiger partial charge in [-0.2, -0.15) is 11.8 Å². The molecule has 0 aliphatic rings. The predicted octanol–water partition coefficient (Wildman–Crippen LogP) is 2.78. The highest BCUT2D eigenvalue weighted by Gasteiger charge is 2.07. The molecule has 0 radical (unpaired) electrons. The third-order valence-corrected chi connectivity index (χ3v) is 2.59. The Kier molecular flexibility index (Phi) is 4.78. The zero-order valence-corrected chi connectivity index (χ0v) is 9.77. The number of carboxylic acid groups (broad SMARTS) is 1. The molecule has 0 spiro atoms. The van der Waals surface area contributed by atoms with E-state index in [1.165, 1.54) is 12.1 Å². The average Bonchev–Trinajstić information content (AvgIpc) is 2.20. The highest BCUT2D eigenvalue weighted by Crippen LogP contribution is 2.25. The molecule has 82 valence electrons. The molecular formula is C10H11ClO3S. The molecule has 0 saturated heterocycles. The summed E-state index contributed by atoms with van der Waals surface area (Å²) in [6.45, 7) is 0.563. The fourth-order valence-corrected chi connectivity index (χ4v) is 1.47. The summed E-state index contributed by atoms with van der Waals surface area (Å²) in [6, 6.07) is 4.44. The van der Waals surface area contributed by atoms with Gasteiger partial charge in [-0.25, -0.2) is 4.79 Å². The summed E-state index contributed by atoms with van der Waals surface area (Å²) in [5.74, 6) is 0.403. The van der Waals surface area contributed by atoms with Crippen LogP contribution in [0.15, 0.2) is 18.2 Å². The van der Waals surface area contributed by atoms with Crippen molar-refractivity contribution in [3.63, 3.8) is 0 Å². The Bertz CT molecular complexity index is 355. The summed E-state index contributed by atoms with van der Waals surface area (Å²) < 4.78 is 5.37. The number of halogens is 1. The third-order valence-electron chi connectivity index (χ3n) is 1.72. The molecule has 1 aromatic carbocycles. The van der Waals surface area contributed by atoms with Crippen LogP contribution in [0.1, 0.15) is 10.4 Å². The average molecular weight is 247 g/mol. The molecule has 0 aliphatic carbocycles. The van der Waals surface area contributed by atoms with Crippen LogP contribution in [0.5, 0.6) is 5.75 Å². The molecule has 0 heterocycles. The number of hydrogen-bond acceptors (Lipinski definition) is 3. The molecule has 0 atom stereocenters. The summed E-state index contributed by atoms with van der Waals surface area (Å²) >= 11 is 7.53. The van der Waals surface area contributed by atoms with Crippen LogP contribution in [0.25, 0.3) is 0 Å². The maximum absolute atomic E-state index is 10.6. The zero-order chi connectivity index (χ0) is 11.3. The first-order valence-corrected chi connectivity index (χ1v) is 6.07. The summed E-state index contributed by atoms with van der Waals surface area (Å²) in [5.41, 5.74) is 0.164. The number of benzene rings is 1. The topological polar surface area (TPSA) is 46.5 Å². The summed E-state index contributed by atoms with van der Waals surface area (Å²) in [6.07, 6.45) is 1.98. The number of thioether (sulfide) groups is 1. The molecule has 0 bridgehead atoms. The number of rotatable bonds is 5. The van der Waals surface area contributed by atoms with Crippen LogP contribution < -0.4 is 4.74 Å². The predicted molar refractivity (Wildman–Crippen MR) is 62.3 cm³/mol. The van der Waals surface area contributed by atoms with Crippen molar-refractivity contribution < 1.29 is 14.6 Å². The van der Waals surface area contributed by atoms with Crippen molar-refractivity contribution in [2.45, 2.75) is 0 Å². The molecule has 0 fully saturated rings. The Labute approximate surface area is 97.4 Å². The Hall–Kier alpha value is -0.870. The van der Waals surface area contributed by atoms with Crippen molar-refractivity contribution in [3.8, 4) is 5.75 Å². The zero-order valence-electron chi connectivity index (χ0n) is 8.20. The second-order valence-electron chi connectivity index (χ2n) is 2.79. The molecule has 0 amide bonds. The quantitative estimate of drug-likeness (QED) is 0.812. The number of hydrogen-bond donors (Lipinski definition) is 1. The second-order valence-corrected chi connectivity index (χ2v) is 4.18. The van der Waals surface area contributed by atoms with Gasteiger partial charge in [0.1, 0.15) is 5.75 Å². The van der Waals surface area contributed by atoms with E-state index in [0.717, 1.165) is 5.75 Å². The lowest BCUT2D eigenvalue weighted by Gasteiger charge is -2.07. The summed E-state index contributed by atoms with van der Waals surface area (Å²) in [7, 11) is 0. The van der Waals surface area contributed by atoms with E-state index in [1.54, 1.807) is 17.8 Å². The summed E-state index contributed by atoms with van der Waals surface area (Å²) in [5, 5.41) is 9.04. The van der Waals surface area contributed by atoms with Crippen LogP contribution in [0.2, 0.25) is 5.02 Å². The van der Waals surface area contributed by atoms with Crippen molar-refractivity contribution in [2.24, 2.45) is 0 Å². The molecule has 0 aromatic heterocycles. The lowest BCUT2D eigenvalue weighted by atomic mass is 10.2. The van der Waals surface area contributed by atoms with E-state index >= 15 is 0 Å². The van der Waals surface area contributed by atoms with Gasteiger partial charge in [0, 0.05) is 5.75 Å². The highest BCUT2D eigenvalue weighted by atomic mass is 35.5. The lowest BCUT2D eigenvalue weighted by molar-refractivity contribution is 0.0697. The third kappa shape index (κ3) is 3.64. The maximum atomic E-state index is 10.6. The number of carboxylic acids is 1. The van der Waals surface area contributed by atoms with Crippen molar-refractivity contribution in [3.05, 3.63) is 28.8 Å². The van der Waals surface area contributed by atoms with Crippen LogP contribution >= 0.6 is 23.4 Å². The Morgan fingerprint density at radius 1 is 1.60 bits per heavy atom. The van der Waals surface area contributed by atoms with Crippen molar-refractivity contribution in [1.29, 1.82) is 0 Å². The van der Waals surface area contributed by atoms with E-state index < -0.39 is 5.97 Å². The van der Waals surface area contributed by atoms with Crippen LogP contribution in [0, 0.1) is 0 Å². The van der Waals surface area contributed by atoms with Gasteiger partial charge in [-0.1, -0.05) is 11.6 Å². The van der Waals surface area contributed by atoms with Crippen LogP contribution in [-0.4, -0.2) is 29.7 Å². The van der Waals surface area contributed by atoms with Crippen molar-refractivity contribution in [1.82, 2.24) is 0 Å². The SMILES string of the molecule is CSCCOc1ccc(C(=O)O)cc1Cl. The Balaban J connectivity index is 2.70. The van der Waals surface area contributed by atoms with E-state index in [2.05, 4.69) is 0 Å². The van der Waals surface area contributed by atoms with Crippen molar-refractivity contribution in [2.75, 3.05) is 18.6 Å². The first-order valence-electron chi connectivity index (χ1n) is 4.29. The molecule has 0 aliphatic heterocycles. The minimum atomic E-state index is -0.993. The fraction of sp³-hybridized carbons (Fsp3) is 0.300. The van der Waals surface area contributed by atoms with E-state index in [4.69, 9.17) is 21.4 Å². The van der Waals surface area contributed by atoms with Crippen molar-refractivity contribution >= 4 is 29.3 Å². The molecule has 1 aromatic rings. The van der Waals surface area contributed by atoms with Gasteiger partial charge in [-0.05, 0) is 24.5 Å². The number of ether oxygens (including phenoxy) is 1. The first-order chi connectivity index (χ1) is 7.15. The normalized spacial score (nSPS) is 10.0. The molecule has 1 rings (SSSR count). The van der Waals surface area contributed by atoms with Crippen LogP contribution in [0.3, 0.4) is 0 Å². The van der Waals surface area contributed by atoms with E-state index in [0.29, 0.717) is 17.4 Å². The monoisotopic (exact) mass is 246 g/mol. The minimum absolute atomic E-state index is 0.164. The van der Waals surface area contributed by atoms with E-state index in [1.807, 2.05) is 6.26 Å². The number of aromatic carboxylic acids is 1. The van der Waals surface area contributed by atoms with E-state index in [9.17, 15) is 4.79 Å². The maximum Gasteiger partial charge on any atom is 0.335 e. The Morgan fingerprint density at radius 3 is 2.87 bits per heavy atom. The number of carbonyl (C=O) groups is 1. The smallest absolute Gasteiger partial charge is 0.335 e. The van der Waals surface area contributed by atoms with Gasteiger partial charge in [-0.15, -0.1) is 0 Å². The van der Waals surface area contributed by atoms with E-state index in [-0.39, 0.29) is 5.56 Å². The van der Waals surface area contributed by atoms with Gasteiger partial charge < -0.3 is 9.84 Å². The minimum Gasteiger partial charge on any atom is -0.491 e. The standard InChI is InChI=1S/C10H11ClO3S/c1-15-5-4-14-9-3-2-7(10(12)13)6-8(9)11/h2-3,6H,4-5H2,1H3,(H,12,13). The highest BCUT2D eigenvalue weighted by molar-refractivity contribution is 7.98. The van der Waals surface area contributed by atoms with Gasteiger partial charge in [-0.3, -0.25) is 0 Å². The van der Waals surface area contributed by atoms with Gasteiger partial charge in [0.15, 0.2) is 0 Å². The van der Waals surface area contributed by atoms with Crippen LogP contribution in [0.4, 0.5) is 0 Å². The Morgan fingerprint density at radius 2 is 2.33 bits per heavy atom. The molecule has 0 unspecified atom stereocenters. The van der Waals surface area contributed by atoms with Gasteiger partial charge in [0.25, 0.3) is 0 Å². The molecule has 1 N–H and O–H groups in total. The molecule has 0 saturated carbocycles. The first kappa shape index (κ1) is 12.2. The largest absolute Gasteiger partial charge is 0.491 e. The van der Waals surface area contributed by atoms with Gasteiger partial charge in [0.2, 0.25) is 0 Å². The van der Waals surface area contributed by atoms with Gasteiger partial charge in [0.05, 0.1) is 17.2 Å². The molecular weight excluding hydrogens is 236 g/mol.